The number of carbonyl (C=O) groups is 1. The highest BCUT2D eigenvalue weighted by atomic mass is 16.1. The normalized spacial score (nSPS) is 27.3. The predicted molar refractivity (Wildman–Crippen MR) is 57.9 cm³/mol. The summed E-state index contributed by atoms with van der Waals surface area (Å²) in [4.78, 5) is 11.6. The van der Waals surface area contributed by atoms with Crippen molar-refractivity contribution >= 4 is 5.91 Å². The number of hydrogen-bond acceptors (Lipinski definition) is 2. The summed E-state index contributed by atoms with van der Waals surface area (Å²) in [5.74, 6) is 0.469. The van der Waals surface area contributed by atoms with Gasteiger partial charge in [0.05, 0.1) is 0 Å². The van der Waals surface area contributed by atoms with Crippen molar-refractivity contribution in [3.8, 4) is 0 Å². The molecule has 0 bridgehead atoms. The van der Waals surface area contributed by atoms with Gasteiger partial charge in [-0.25, -0.2) is 0 Å². The number of amides is 1. The molecule has 1 fully saturated rings. The van der Waals surface area contributed by atoms with Gasteiger partial charge >= 0.3 is 0 Å². The maximum absolute atomic E-state index is 11.6. The van der Waals surface area contributed by atoms with E-state index in [1.54, 1.807) is 0 Å². The van der Waals surface area contributed by atoms with Gasteiger partial charge in [-0.1, -0.05) is 13.3 Å². The largest absolute Gasteiger partial charge is 0.356 e. The fourth-order valence-electron chi connectivity index (χ4n) is 1.91. The van der Waals surface area contributed by atoms with Crippen molar-refractivity contribution in [2.75, 3.05) is 6.54 Å². The highest BCUT2D eigenvalue weighted by Crippen LogP contribution is 2.22. The summed E-state index contributed by atoms with van der Waals surface area (Å²) in [6.45, 7) is 2.96. The Morgan fingerprint density at radius 1 is 1.36 bits per heavy atom. The van der Waals surface area contributed by atoms with Crippen LogP contribution in [0.5, 0.6) is 0 Å². The highest BCUT2D eigenvalue weighted by Gasteiger charge is 2.23. The second-order valence-electron chi connectivity index (χ2n) is 4.26. The van der Waals surface area contributed by atoms with Gasteiger partial charge in [0.25, 0.3) is 0 Å². The standard InChI is InChI=1S/C11H22N2O/c1-2-3-8-13-11(14)9-4-6-10(12)7-5-9/h9-10H,2-8,12H2,1H3,(H,13,14). The van der Waals surface area contributed by atoms with Crippen LogP contribution in [0.25, 0.3) is 0 Å². The van der Waals surface area contributed by atoms with Crippen LogP contribution in [0.3, 0.4) is 0 Å². The molecule has 1 aliphatic rings. The Hall–Kier alpha value is -0.570. The van der Waals surface area contributed by atoms with Gasteiger partial charge in [0.2, 0.25) is 5.91 Å². The lowest BCUT2D eigenvalue weighted by atomic mass is 9.86. The van der Waals surface area contributed by atoms with E-state index >= 15 is 0 Å². The van der Waals surface area contributed by atoms with Gasteiger partial charge in [-0.3, -0.25) is 4.79 Å². The molecule has 0 saturated heterocycles. The quantitative estimate of drug-likeness (QED) is 0.671. The van der Waals surface area contributed by atoms with Crippen LogP contribution in [0.4, 0.5) is 0 Å². The first-order chi connectivity index (χ1) is 6.74. The smallest absolute Gasteiger partial charge is 0.223 e. The third kappa shape index (κ3) is 3.66. The van der Waals surface area contributed by atoms with Crippen molar-refractivity contribution in [2.45, 2.75) is 51.5 Å². The molecule has 0 aromatic carbocycles. The molecule has 3 nitrogen and oxygen atoms in total. The third-order valence-corrected chi connectivity index (χ3v) is 2.97. The number of carbonyl (C=O) groups excluding carboxylic acids is 1. The minimum atomic E-state index is 0.228. The summed E-state index contributed by atoms with van der Waals surface area (Å²) < 4.78 is 0. The van der Waals surface area contributed by atoms with E-state index in [2.05, 4.69) is 12.2 Å². The Bertz CT molecular complexity index is 174. The zero-order valence-electron chi connectivity index (χ0n) is 9.09. The van der Waals surface area contributed by atoms with Crippen molar-refractivity contribution in [1.82, 2.24) is 5.32 Å². The van der Waals surface area contributed by atoms with Crippen LogP contribution in [-0.4, -0.2) is 18.5 Å². The molecule has 0 radical (unpaired) electrons. The molecular formula is C11H22N2O. The lowest BCUT2D eigenvalue weighted by Crippen LogP contribution is -2.36. The molecule has 1 aliphatic carbocycles. The molecule has 0 aromatic heterocycles. The van der Waals surface area contributed by atoms with Crippen molar-refractivity contribution < 1.29 is 4.79 Å². The van der Waals surface area contributed by atoms with Crippen LogP contribution in [0.15, 0.2) is 0 Å². The summed E-state index contributed by atoms with van der Waals surface area (Å²) in [7, 11) is 0. The molecule has 14 heavy (non-hydrogen) atoms. The molecule has 0 atom stereocenters. The average molecular weight is 198 g/mol. The van der Waals surface area contributed by atoms with Crippen LogP contribution in [-0.2, 0) is 4.79 Å². The molecule has 0 unspecified atom stereocenters. The maximum Gasteiger partial charge on any atom is 0.223 e. The molecule has 3 N–H and O–H groups in total. The molecule has 0 heterocycles. The van der Waals surface area contributed by atoms with Gasteiger partial charge in [-0.15, -0.1) is 0 Å². The molecule has 1 saturated carbocycles. The monoisotopic (exact) mass is 198 g/mol. The van der Waals surface area contributed by atoms with E-state index in [1.165, 1.54) is 0 Å². The Morgan fingerprint density at radius 2 is 2.00 bits per heavy atom. The molecule has 3 heteroatoms. The maximum atomic E-state index is 11.6. The molecular weight excluding hydrogens is 176 g/mol. The van der Waals surface area contributed by atoms with E-state index in [9.17, 15) is 4.79 Å². The van der Waals surface area contributed by atoms with E-state index in [1.807, 2.05) is 0 Å². The van der Waals surface area contributed by atoms with Gasteiger partial charge in [-0.05, 0) is 32.1 Å². The zero-order chi connectivity index (χ0) is 10.4. The van der Waals surface area contributed by atoms with E-state index in [0.29, 0.717) is 6.04 Å². The Morgan fingerprint density at radius 3 is 2.57 bits per heavy atom. The van der Waals surface area contributed by atoms with Crippen LogP contribution in [0.2, 0.25) is 0 Å². The lowest BCUT2D eigenvalue weighted by molar-refractivity contribution is -0.125. The van der Waals surface area contributed by atoms with Crippen LogP contribution in [0.1, 0.15) is 45.4 Å². The van der Waals surface area contributed by atoms with Crippen LogP contribution >= 0.6 is 0 Å². The van der Waals surface area contributed by atoms with E-state index in [0.717, 1.165) is 45.1 Å². The third-order valence-electron chi connectivity index (χ3n) is 2.97. The highest BCUT2D eigenvalue weighted by molar-refractivity contribution is 5.78. The van der Waals surface area contributed by atoms with E-state index in [4.69, 9.17) is 5.73 Å². The van der Waals surface area contributed by atoms with Gasteiger partial charge < -0.3 is 11.1 Å². The first-order valence-electron chi connectivity index (χ1n) is 5.77. The van der Waals surface area contributed by atoms with Crippen molar-refractivity contribution in [3.05, 3.63) is 0 Å². The molecule has 1 rings (SSSR count). The summed E-state index contributed by atoms with van der Waals surface area (Å²) >= 11 is 0. The summed E-state index contributed by atoms with van der Waals surface area (Å²) in [6.07, 6.45) is 6.17. The van der Waals surface area contributed by atoms with Gasteiger partial charge in [-0.2, -0.15) is 0 Å². The van der Waals surface area contributed by atoms with Gasteiger partial charge in [0, 0.05) is 18.5 Å². The number of rotatable bonds is 4. The average Bonchev–Trinajstić information content (AvgIpc) is 2.19. The fraction of sp³-hybridized carbons (Fsp3) is 0.909. The van der Waals surface area contributed by atoms with E-state index in [-0.39, 0.29) is 11.8 Å². The minimum absolute atomic E-state index is 0.228. The molecule has 82 valence electrons. The van der Waals surface area contributed by atoms with Crippen molar-refractivity contribution in [2.24, 2.45) is 11.7 Å². The Kier molecular flexibility index (Phi) is 4.94. The zero-order valence-corrected chi connectivity index (χ0v) is 9.09. The first-order valence-corrected chi connectivity index (χ1v) is 5.77. The Balaban J connectivity index is 2.17. The van der Waals surface area contributed by atoms with Gasteiger partial charge in [0.15, 0.2) is 0 Å². The van der Waals surface area contributed by atoms with Crippen molar-refractivity contribution in [1.29, 1.82) is 0 Å². The SMILES string of the molecule is CCCCNC(=O)C1CCC(N)CC1. The van der Waals surface area contributed by atoms with E-state index < -0.39 is 0 Å². The predicted octanol–water partition coefficient (Wildman–Crippen LogP) is 1.42. The van der Waals surface area contributed by atoms with Crippen LogP contribution < -0.4 is 11.1 Å². The minimum Gasteiger partial charge on any atom is -0.356 e. The van der Waals surface area contributed by atoms with Crippen molar-refractivity contribution in [3.63, 3.8) is 0 Å². The van der Waals surface area contributed by atoms with Crippen LogP contribution in [0, 0.1) is 5.92 Å². The summed E-state index contributed by atoms with van der Waals surface area (Å²) in [6, 6.07) is 0.328. The Labute approximate surface area is 86.4 Å². The molecule has 0 aliphatic heterocycles. The molecule has 0 aromatic rings. The summed E-state index contributed by atoms with van der Waals surface area (Å²) in [5, 5.41) is 2.99. The first kappa shape index (κ1) is 11.5. The summed E-state index contributed by atoms with van der Waals surface area (Å²) in [5.41, 5.74) is 5.79. The van der Waals surface area contributed by atoms with Gasteiger partial charge in [0.1, 0.15) is 0 Å². The second kappa shape index (κ2) is 6.02. The molecule has 1 amide bonds. The number of unbranched alkanes of at least 4 members (excludes halogenated alkanes) is 1. The number of hydrogen-bond donors (Lipinski definition) is 2. The number of nitrogens with one attached hydrogen (secondary N) is 1. The fourth-order valence-corrected chi connectivity index (χ4v) is 1.91. The molecule has 0 spiro atoms. The second-order valence-corrected chi connectivity index (χ2v) is 4.26. The lowest BCUT2D eigenvalue weighted by Gasteiger charge is -2.25. The number of nitrogens with two attached hydrogens (primary N) is 1. The topological polar surface area (TPSA) is 55.1 Å².